The molecule has 0 aromatic carbocycles. The second-order valence-corrected chi connectivity index (χ2v) is 5.38. The predicted molar refractivity (Wildman–Crippen MR) is 74.0 cm³/mol. The van der Waals surface area contributed by atoms with Crippen molar-refractivity contribution < 1.29 is 50.0 Å². The Kier molecular flexibility index (Phi) is 8.79. The third-order valence-corrected chi connectivity index (χ3v) is 3.67. The summed E-state index contributed by atoms with van der Waals surface area (Å²) in [6.07, 6.45) is -11.1. The van der Waals surface area contributed by atoms with E-state index in [-0.39, 0.29) is 19.4 Å². The van der Waals surface area contributed by atoms with Gasteiger partial charge in [0, 0.05) is 20.1 Å². The fourth-order valence-corrected chi connectivity index (χ4v) is 2.37. The molecule has 1 aliphatic rings. The first-order valence-electron chi connectivity index (χ1n) is 7.31. The van der Waals surface area contributed by atoms with Gasteiger partial charge in [-0.2, -0.15) is 0 Å². The smallest absolute Gasteiger partial charge is 0.186 e. The number of hydrogen-bond acceptors (Lipinski definition) is 10. The van der Waals surface area contributed by atoms with Crippen molar-refractivity contribution in [1.29, 1.82) is 0 Å². The zero-order valence-electron chi connectivity index (χ0n) is 12.8. The van der Waals surface area contributed by atoms with Crippen LogP contribution in [0.25, 0.3) is 0 Å². The Morgan fingerprint density at radius 3 is 2.30 bits per heavy atom. The molecule has 1 heterocycles. The van der Waals surface area contributed by atoms with Crippen molar-refractivity contribution in [3.05, 3.63) is 0 Å². The zero-order chi connectivity index (χ0) is 17.6. The number of hydrogen-bond donors (Lipinski definition) is 7. The van der Waals surface area contributed by atoms with Gasteiger partial charge in [0.25, 0.3) is 0 Å². The van der Waals surface area contributed by atoms with E-state index >= 15 is 0 Å². The van der Waals surface area contributed by atoms with Gasteiger partial charge in [-0.1, -0.05) is 0 Å². The maximum atomic E-state index is 10.0. The van der Waals surface area contributed by atoms with Crippen LogP contribution in [0, 0.1) is 0 Å². The lowest BCUT2D eigenvalue weighted by Gasteiger charge is -2.39. The second kappa shape index (κ2) is 9.79. The highest BCUT2D eigenvalue weighted by Gasteiger charge is 2.42. The van der Waals surface area contributed by atoms with Crippen molar-refractivity contribution in [2.75, 3.05) is 20.3 Å². The Hall–Kier alpha value is -0.400. The zero-order valence-corrected chi connectivity index (χ0v) is 12.8. The molecule has 0 aromatic rings. The molecule has 8 atom stereocenters. The summed E-state index contributed by atoms with van der Waals surface area (Å²) in [4.78, 5) is 0. The summed E-state index contributed by atoms with van der Waals surface area (Å²) >= 11 is 0. The highest BCUT2D eigenvalue weighted by Crippen LogP contribution is 2.24. The predicted octanol–water partition coefficient (Wildman–Crippen LogP) is -3.73. The first kappa shape index (κ1) is 20.6. The van der Waals surface area contributed by atoms with E-state index in [0.717, 1.165) is 0 Å². The van der Waals surface area contributed by atoms with Crippen molar-refractivity contribution in [3.63, 3.8) is 0 Å². The first-order chi connectivity index (χ1) is 10.8. The quantitative estimate of drug-likeness (QED) is 0.207. The highest BCUT2D eigenvalue weighted by atomic mass is 16.7. The monoisotopic (exact) mass is 342 g/mol. The number of aliphatic hydroxyl groups excluding tert-OH is 7. The van der Waals surface area contributed by atoms with Crippen LogP contribution in [0.3, 0.4) is 0 Å². The van der Waals surface area contributed by atoms with Gasteiger partial charge < -0.3 is 50.0 Å². The SMILES string of the molecule is CO[C@@H](O[C@@H]1C(CO)OC(O)C[C@H]1O)C(O)[C@@H](O)[C@@H](O)CCO. The van der Waals surface area contributed by atoms with Crippen molar-refractivity contribution in [2.24, 2.45) is 0 Å². The average Bonchev–Trinajstić information content (AvgIpc) is 2.52. The van der Waals surface area contributed by atoms with E-state index in [9.17, 15) is 30.6 Å². The molecule has 23 heavy (non-hydrogen) atoms. The molecule has 0 saturated carbocycles. The Morgan fingerprint density at radius 1 is 1.13 bits per heavy atom. The molecule has 1 fully saturated rings. The second-order valence-electron chi connectivity index (χ2n) is 5.38. The summed E-state index contributed by atoms with van der Waals surface area (Å²) < 4.78 is 15.3. The summed E-state index contributed by atoms with van der Waals surface area (Å²) in [5.41, 5.74) is 0. The molecule has 10 heteroatoms. The number of rotatable bonds is 9. The molecule has 0 bridgehead atoms. The minimum Gasteiger partial charge on any atom is -0.396 e. The molecule has 1 saturated heterocycles. The van der Waals surface area contributed by atoms with Crippen LogP contribution in [-0.2, 0) is 14.2 Å². The molecule has 10 nitrogen and oxygen atoms in total. The Labute approximate surface area is 133 Å². The third kappa shape index (κ3) is 5.57. The Balaban J connectivity index is 2.73. The molecule has 138 valence electrons. The van der Waals surface area contributed by atoms with Gasteiger partial charge >= 0.3 is 0 Å². The van der Waals surface area contributed by atoms with E-state index in [1.54, 1.807) is 0 Å². The number of ether oxygens (including phenoxy) is 3. The largest absolute Gasteiger partial charge is 0.396 e. The van der Waals surface area contributed by atoms with Gasteiger partial charge in [0.05, 0.1) is 18.8 Å². The Morgan fingerprint density at radius 2 is 1.78 bits per heavy atom. The van der Waals surface area contributed by atoms with Gasteiger partial charge in [-0.15, -0.1) is 0 Å². The van der Waals surface area contributed by atoms with Gasteiger partial charge in [-0.3, -0.25) is 0 Å². The molecular weight excluding hydrogens is 316 g/mol. The summed E-state index contributed by atoms with van der Waals surface area (Å²) in [6, 6.07) is 0. The summed E-state index contributed by atoms with van der Waals surface area (Å²) in [5.74, 6) is 0. The van der Waals surface area contributed by atoms with Crippen LogP contribution in [0.4, 0.5) is 0 Å². The lowest BCUT2D eigenvalue weighted by Crippen LogP contribution is -2.55. The van der Waals surface area contributed by atoms with Crippen LogP contribution < -0.4 is 0 Å². The highest BCUT2D eigenvalue weighted by molar-refractivity contribution is 4.86. The Bertz CT molecular complexity index is 330. The standard InChI is InChI=1S/C13H26O10/c1-21-13(11(20)10(19)6(16)2-3-14)23-12-7(17)4-9(18)22-8(12)5-15/h6-20H,2-5H2,1H3/t6-,7+,8?,9?,10-,11?,12-,13-/m0/s1. The minimum atomic E-state index is -1.68. The normalized spacial score (nSPS) is 33.9. The maximum absolute atomic E-state index is 10.0. The molecule has 3 unspecified atom stereocenters. The molecule has 7 N–H and O–H groups in total. The maximum Gasteiger partial charge on any atom is 0.186 e. The molecular formula is C13H26O10. The molecule has 0 radical (unpaired) electrons. The van der Waals surface area contributed by atoms with Gasteiger partial charge in [-0.05, 0) is 6.42 Å². The molecule has 0 spiro atoms. The van der Waals surface area contributed by atoms with Gasteiger partial charge in [0.1, 0.15) is 24.4 Å². The van der Waals surface area contributed by atoms with Crippen molar-refractivity contribution >= 4 is 0 Å². The van der Waals surface area contributed by atoms with Crippen LogP contribution in [0.15, 0.2) is 0 Å². The van der Waals surface area contributed by atoms with Crippen molar-refractivity contribution in [1.82, 2.24) is 0 Å². The molecule has 0 aliphatic carbocycles. The van der Waals surface area contributed by atoms with Gasteiger partial charge in [0.15, 0.2) is 12.6 Å². The van der Waals surface area contributed by atoms with E-state index in [1.165, 1.54) is 7.11 Å². The van der Waals surface area contributed by atoms with Crippen molar-refractivity contribution in [3.8, 4) is 0 Å². The van der Waals surface area contributed by atoms with Crippen molar-refractivity contribution in [2.45, 2.75) is 62.0 Å². The van der Waals surface area contributed by atoms with E-state index in [2.05, 4.69) is 0 Å². The minimum absolute atomic E-state index is 0.157. The first-order valence-corrected chi connectivity index (χ1v) is 7.31. The summed E-state index contributed by atoms with van der Waals surface area (Å²) in [5, 5.41) is 66.8. The average molecular weight is 342 g/mol. The lowest BCUT2D eigenvalue weighted by atomic mass is 10.0. The van der Waals surface area contributed by atoms with Crippen LogP contribution >= 0.6 is 0 Å². The van der Waals surface area contributed by atoms with Gasteiger partial charge in [0.2, 0.25) is 0 Å². The fourth-order valence-electron chi connectivity index (χ4n) is 2.37. The molecule has 1 rings (SSSR count). The molecule has 0 aromatic heterocycles. The van der Waals surface area contributed by atoms with E-state index < -0.39 is 55.8 Å². The summed E-state index contributed by atoms with van der Waals surface area (Å²) in [7, 11) is 1.18. The van der Waals surface area contributed by atoms with Crippen LogP contribution in [0.2, 0.25) is 0 Å². The fraction of sp³-hybridized carbons (Fsp3) is 1.00. The molecule has 1 aliphatic heterocycles. The van der Waals surface area contributed by atoms with Crippen LogP contribution in [0.5, 0.6) is 0 Å². The van der Waals surface area contributed by atoms with E-state index in [0.29, 0.717) is 0 Å². The lowest BCUT2D eigenvalue weighted by molar-refractivity contribution is -0.302. The number of aliphatic hydroxyl groups is 7. The third-order valence-electron chi connectivity index (χ3n) is 3.67. The number of methoxy groups -OCH3 is 1. The van der Waals surface area contributed by atoms with Gasteiger partial charge in [-0.25, -0.2) is 0 Å². The van der Waals surface area contributed by atoms with Crippen LogP contribution in [0.1, 0.15) is 12.8 Å². The molecule has 0 amide bonds. The summed E-state index contributed by atoms with van der Waals surface area (Å²) in [6.45, 7) is -0.940. The topological polar surface area (TPSA) is 169 Å². The van der Waals surface area contributed by atoms with E-state index in [1.807, 2.05) is 0 Å². The van der Waals surface area contributed by atoms with Crippen LogP contribution in [-0.4, -0.2) is 105 Å². The van der Waals surface area contributed by atoms with E-state index in [4.69, 9.17) is 19.3 Å².